The first-order chi connectivity index (χ1) is 8.25. The van der Waals surface area contributed by atoms with Gasteiger partial charge in [0.2, 0.25) is 0 Å². The summed E-state index contributed by atoms with van der Waals surface area (Å²) in [7, 11) is 0. The molecule has 3 nitrogen and oxygen atoms in total. The van der Waals surface area contributed by atoms with E-state index in [2.05, 4.69) is 17.2 Å². The molecule has 1 aromatic heterocycles. The third kappa shape index (κ3) is 1.93. The Morgan fingerprint density at radius 1 is 1.41 bits per heavy atom. The molecule has 1 fully saturated rings. The molecule has 0 bridgehead atoms. The van der Waals surface area contributed by atoms with Crippen LogP contribution in [0, 0.1) is 5.92 Å². The van der Waals surface area contributed by atoms with E-state index < -0.39 is 0 Å². The topological polar surface area (TPSA) is 44.9 Å². The summed E-state index contributed by atoms with van der Waals surface area (Å²) in [5, 5.41) is 4.08. The molecule has 88 valence electrons. The highest BCUT2D eigenvalue weighted by atomic mass is 16.1. The fourth-order valence-electron chi connectivity index (χ4n) is 2.28. The molecule has 3 rings (SSSR count). The van der Waals surface area contributed by atoms with Crippen molar-refractivity contribution in [1.82, 2.24) is 10.3 Å². The Labute approximate surface area is 100 Å². The largest absolute Gasteiger partial charge is 0.361 e. The van der Waals surface area contributed by atoms with Crippen LogP contribution in [-0.4, -0.2) is 16.9 Å². The predicted octanol–water partition coefficient (Wildman–Crippen LogP) is 2.70. The summed E-state index contributed by atoms with van der Waals surface area (Å²) in [6, 6.07) is 8.01. The molecule has 1 atom stereocenters. The molecule has 3 heteroatoms. The summed E-state index contributed by atoms with van der Waals surface area (Å²) in [5.74, 6) is 0.721. The molecule has 1 unspecified atom stereocenters. The Morgan fingerprint density at radius 2 is 2.24 bits per heavy atom. The first-order valence-corrected chi connectivity index (χ1v) is 6.12. The van der Waals surface area contributed by atoms with Gasteiger partial charge in [-0.2, -0.15) is 0 Å². The SMILES string of the molecule is CC(NC(=O)c1cccc2[nH]ccc12)C1CC1. The van der Waals surface area contributed by atoms with Gasteiger partial charge in [-0.25, -0.2) is 0 Å². The van der Waals surface area contributed by atoms with E-state index in [-0.39, 0.29) is 11.9 Å². The van der Waals surface area contributed by atoms with E-state index >= 15 is 0 Å². The predicted molar refractivity (Wildman–Crippen MR) is 68.0 cm³/mol. The molecular weight excluding hydrogens is 212 g/mol. The first kappa shape index (κ1) is 10.4. The van der Waals surface area contributed by atoms with Crippen molar-refractivity contribution in [2.45, 2.75) is 25.8 Å². The Bertz CT molecular complexity index is 554. The quantitative estimate of drug-likeness (QED) is 0.833. The fraction of sp³-hybridized carbons (Fsp3) is 0.357. The van der Waals surface area contributed by atoms with Gasteiger partial charge in [0, 0.05) is 28.7 Å². The van der Waals surface area contributed by atoms with E-state index in [0.29, 0.717) is 5.92 Å². The highest BCUT2D eigenvalue weighted by Gasteiger charge is 2.29. The monoisotopic (exact) mass is 228 g/mol. The van der Waals surface area contributed by atoms with Crippen LogP contribution in [0.3, 0.4) is 0 Å². The van der Waals surface area contributed by atoms with E-state index in [9.17, 15) is 4.79 Å². The molecule has 1 aliphatic carbocycles. The van der Waals surface area contributed by atoms with Crippen molar-refractivity contribution < 1.29 is 4.79 Å². The second-order valence-corrected chi connectivity index (χ2v) is 4.84. The van der Waals surface area contributed by atoms with Crippen LogP contribution < -0.4 is 5.32 Å². The number of carbonyl (C=O) groups excluding carboxylic acids is 1. The second kappa shape index (κ2) is 3.91. The minimum Gasteiger partial charge on any atom is -0.361 e. The van der Waals surface area contributed by atoms with E-state index in [1.54, 1.807) is 0 Å². The Morgan fingerprint density at radius 3 is 3.00 bits per heavy atom. The number of aromatic nitrogens is 1. The van der Waals surface area contributed by atoms with Gasteiger partial charge in [0.05, 0.1) is 0 Å². The summed E-state index contributed by atoms with van der Waals surface area (Å²) < 4.78 is 0. The van der Waals surface area contributed by atoms with Crippen LogP contribution in [0.15, 0.2) is 30.5 Å². The van der Waals surface area contributed by atoms with Gasteiger partial charge >= 0.3 is 0 Å². The summed E-state index contributed by atoms with van der Waals surface area (Å²) in [6.07, 6.45) is 4.36. The second-order valence-electron chi connectivity index (χ2n) is 4.84. The molecule has 0 spiro atoms. The van der Waals surface area contributed by atoms with Crippen molar-refractivity contribution in [3.63, 3.8) is 0 Å². The summed E-state index contributed by atoms with van der Waals surface area (Å²) in [6.45, 7) is 2.09. The van der Waals surface area contributed by atoms with Crippen LogP contribution in [0.4, 0.5) is 0 Å². The van der Waals surface area contributed by atoms with Gasteiger partial charge in [0.1, 0.15) is 0 Å². The average molecular weight is 228 g/mol. The van der Waals surface area contributed by atoms with Gasteiger partial charge in [-0.15, -0.1) is 0 Å². The molecule has 1 amide bonds. The number of hydrogen-bond acceptors (Lipinski definition) is 1. The maximum Gasteiger partial charge on any atom is 0.252 e. The number of aromatic amines is 1. The third-order valence-electron chi connectivity index (χ3n) is 3.53. The molecular formula is C14H16N2O. The van der Waals surface area contributed by atoms with Crippen molar-refractivity contribution in [1.29, 1.82) is 0 Å². The summed E-state index contributed by atoms with van der Waals surface area (Å²) in [5.41, 5.74) is 1.77. The zero-order valence-electron chi connectivity index (χ0n) is 9.86. The number of amides is 1. The van der Waals surface area contributed by atoms with Crippen LogP contribution in [0.25, 0.3) is 10.9 Å². The van der Waals surface area contributed by atoms with Gasteiger partial charge in [0.25, 0.3) is 5.91 Å². The number of nitrogens with one attached hydrogen (secondary N) is 2. The summed E-state index contributed by atoms with van der Waals surface area (Å²) in [4.78, 5) is 15.3. The average Bonchev–Trinajstić information content (AvgIpc) is 3.06. The molecule has 0 radical (unpaired) electrons. The van der Waals surface area contributed by atoms with Crippen molar-refractivity contribution in [2.75, 3.05) is 0 Å². The van der Waals surface area contributed by atoms with Gasteiger partial charge < -0.3 is 10.3 Å². The lowest BCUT2D eigenvalue weighted by Gasteiger charge is -2.13. The lowest BCUT2D eigenvalue weighted by Crippen LogP contribution is -2.34. The van der Waals surface area contributed by atoms with E-state index in [4.69, 9.17) is 0 Å². The molecule has 1 aliphatic rings. The number of H-pyrrole nitrogens is 1. The number of hydrogen-bond donors (Lipinski definition) is 2. The number of carbonyl (C=O) groups is 1. The maximum absolute atomic E-state index is 12.2. The van der Waals surface area contributed by atoms with Crippen molar-refractivity contribution in [2.24, 2.45) is 5.92 Å². The molecule has 17 heavy (non-hydrogen) atoms. The van der Waals surface area contributed by atoms with E-state index in [1.807, 2.05) is 30.5 Å². The third-order valence-corrected chi connectivity index (χ3v) is 3.53. The smallest absolute Gasteiger partial charge is 0.252 e. The van der Waals surface area contributed by atoms with Gasteiger partial charge in [-0.3, -0.25) is 4.79 Å². The van der Waals surface area contributed by atoms with Crippen LogP contribution in [0.2, 0.25) is 0 Å². The van der Waals surface area contributed by atoms with Crippen LogP contribution in [-0.2, 0) is 0 Å². The fourth-order valence-corrected chi connectivity index (χ4v) is 2.28. The minimum absolute atomic E-state index is 0.0367. The number of rotatable bonds is 3. The highest BCUT2D eigenvalue weighted by Crippen LogP contribution is 2.32. The maximum atomic E-state index is 12.2. The molecule has 2 aromatic rings. The standard InChI is InChI=1S/C14H16N2O/c1-9(10-5-6-10)16-14(17)12-3-2-4-13-11(12)7-8-15-13/h2-4,7-10,15H,5-6H2,1H3,(H,16,17). The zero-order chi connectivity index (χ0) is 11.8. The molecule has 0 aliphatic heterocycles. The van der Waals surface area contributed by atoms with Crippen molar-refractivity contribution in [3.05, 3.63) is 36.0 Å². The number of fused-ring (bicyclic) bond motifs is 1. The zero-order valence-corrected chi connectivity index (χ0v) is 9.86. The Balaban J connectivity index is 1.86. The van der Waals surface area contributed by atoms with Crippen LogP contribution in [0.5, 0.6) is 0 Å². The lowest BCUT2D eigenvalue weighted by atomic mass is 10.1. The van der Waals surface area contributed by atoms with Gasteiger partial charge in [-0.05, 0) is 43.9 Å². The van der Waals surface area contributed by atoms with Crippen LogP contribution >= 0.6 is 0 Å². The van der Waals surface area contributed by atoms with E-state index in [1.165, 1.54) is 12.8 Å². The number of benzene rings is 1. The molecule has 1 aromatic carbocycles. The molecule has 2 N–H and O–H groups in total. The van der Waals surface area contributed by atoms with Gasteiger partial charge in [0.15, 0.2) is 0 Å². The summed E-state index contributed by atoms with van der Waals surface area (Å²) >= 11 is 0. The minimum atomic E-state index is 0.0367. The van der Waals surface area contributed by atoms with Crippen molar-refractivity contribution >= 4 is 16.8 Å². The normalized spacial score (nSPS) is 17.0. The van der Waals surface area contributed by atoms with Crippen LogP contribution in [0.1, 0.15) is 30.1 Å². The van der Waals surface area contributed by atoms with Crippen molar-refractivity contribution in [3.8, 4) is 0 Å². The highest BCUT2D eigenvalue weighted by molar-refractivity contribution is 6.06. The first-order valence-electron chi connectivity index (χ1n) is 6.12. The van der Waals surface area contributed by atoms with E-state index in [0.717, 1.165) is 16.5 Å². The molecule has 1 saturated carbocycles. The molecule has 1 heterocycles. The Hall–Kier alpha value is -1.77. The van der Waals surface area contributed by atoms with Gasteiger partial charge in [-0.1, -0.05) is 6.07 Å². The molecule has 0 saturated heterocycles. The lowest BCUT2D eigenvalue weighted by molar-refractivity contribution is 0.0937. The Kier molecular flexibility index (Phi) is 2.39.